The van der Waals surface area contributed by atoms with Crippen LogP contribution in [0.4, 0.5) is 0 Å². The Morgan fingerprint density at radius 3 is 2.50 bits per heavy atom. The van der Waals surface area contributed by atoms with Crippen LogP contribution in [0.15, 0.2) is 24.3 Å². The summed E-state index contributed by atoms with van der Waals surface area (Å²) in [7, 11) is 2.46. The van der Waals surface area contributed by atoms with Gasteiger partial charge in [0.2, 0.25) is 0 Å². The van der Waals surface area contributed by atoms with Gasteiger partial charge in [0, 0.05) is 21.8 Å². The smallest absolute Gasteiger partial charge is 0.319 e. The second kappa shape index (κ2) is 6.67. The minimum Gasteiger partial charge on any atom is -0.361 e. The van der Waals surface area contributed by atoms with Crippen LogP contribution in [0.3, 0.4) is 0 Å². The van der Waals surface area contributed by atoms with E-state index in [1.807, 2.05) is 12.1 Å². The largest absolute Gasteiger partial charge is 0.361 e. The van der Waals surface area contributed by atoms with Crippen LogP contribution < -0.4 is 10.5 Å². The zero-order valence-corrected chi connectivity index (χ0v) is 10.5. The number of nitrogens with two attached hydrogens (primary N) is 1. The van der Waals surface area contributed by atoms with E-state index in [1.165, 1.54) is 10.8 Å². The van der Waals surface area contributed by atoms with Gasteiger partial charge in [-0.1, -0.05) is 34.5 Å². The molecule has 0 heterocycles. The maximum Gasteiger partial charge on any atom is 0.319 e. The third-order valence-corrected chi connectivity index (χ3v) is 3.60. The molecule has 16 heavy (non-hydrogen) atoms. The number of hydrogen-bond donors (Lipinski definition) is 2. The molecule has 1 aromatic carbocycles. The minimum absolute atomic E-state index is 0.684. The molecule has 0 bridgehead atoms. The van der Waals surface area contributed by atoms with Gasteiger partial charge in [-0.2, -0.15) is 0 Å². The van der Waals surface area contributed by atoms with E-state index < -0.39 is 11.8 Å². The first kappa shape index (κ1) is 13.2. The summed E-state index contributed by atoms with van der Waals surface area (Å²) in [5.41, 5.74) is 5.84. The van der Waals surface area contributed by atoms with Crippen LogP contribution in [0.2, 0.25) is 5.02 Å². The van der Waals surface area contributed by atoms with Crippen molar-refractivity contribution in [1.29, 1.82) is 0 Å². The van der Waals surface area contributed by atoms with Gasteiger partial charge in [0.05, 0.1) is 0 Å². The zero-order valence-electron chi connectivity index (χ0n) is 8.10. The van der Waals surface area contributed by atoms with Crippen molar-refractivity contribution in [3.63, 3.8) is 0 Å². The maximum absolute atomic E-state index is 10.8. The van der Waals surface area contributed by atoms with Crippen LogP contribution in [-0.4, -0.2) is 11.8 Å². The summed E-state index contributed by atoms with van der Waals surface area (Å²) in [6.45, 7) is 0. The van der Waals surface area contributed by atoms with Crippen molar-refractivity contribution in [3.8, 4) is 0 Å². The molecule has 3 N–H and O–H groups in total. The third kappa shape index (κ3) is 4.78. The summed E-state index contributed by atoms with van der Waals surface area (Å²) in [6.07, 6.45) is 0. The Balaban J connectivity index is 2.23. The SMILES string of the molecule is NC(=O)C(=O)NSSCc1ccc(Cl)cc1. The highest BCUT2D eigenvalue weighted by molar-refractivity contribution is 8.75. The molecule has 0 atom stereocenters. The van der Waals surface area contributed by atoms with Gasteiger partial charge >= 0.3 is 11.8 Å². The molecule has 0 unspecified atom stereocenters. The van der Waals surface area contributed by atoms with E-state index in [4.69, 9.17) is 17.3 Å². The summed E-state index contributed by atoms with van der Waals surface area (Å²) >= 11 is 5.73. The van der Waals surface area contributed by atoms with Crippen molar-refractivity contribution in [1.82, 2.24) is 4.72 Å². The van der Waals surface area contributed by atoms with Crippen LogP contribution in [0.1, 0.15) is 5.56 Å². The molecule has 0 aliphatic carbocycles. The number of benzene rings is 1. The Morgan fingerprint density at radius 2 is 1.94 bits per heavy atom. The van der Waals surface area contributed by atoms with Gasteiger partial charge in [0.25, 0.3) is 0 Å². The number of nitrogens with one attached hydrogen (secondary N) is 1. The van der Waals surface area contributed by atoms with Gasteiger partial charge in [-0.25, -0.2) is 0 Å². The van der Waals surface area contributed by atoms with Crippen molar-refractivity contribution >= 4 is 45.2 Å². The van der Waals surface area contributed by atoms with E-state index in [2.05, 4.69) is 4.72 Å². The van der Waals surface area contributed by atoms with Gasteiger partial charge in [-0.05, 0) is 17.7 Å². The van der Waals surface area contributed by atoms with Crippen LogP contribution in [0.25, 0.3) is 0 Å². The topological polar surface area (TPSA) is 72.2 Å². The normalized spacial score (nSPS) is 9.81. The molecule has 7 heteroatoms. The van der Waals surface area contributed by atoms with E-state index in [9.17, 15) is 9.59 Å². The standard InChI is InChI=1S/C9H9ClN2O2S2/c10-7-3-1-6(2-4-7)5-15-16-12-9(14)8(11)13/h1-4H,5H2,(H2,11,13)(H,12,14). The van der Waals surface area contributed by atoms with Crippen LogP contribution >= 0.6 is 33.4 Å². The number of hydrogen-bond acceptors (Lipinski definition) is 4. The first-order valence-corrected chi connectivity index (χ1v) is 6.92. The highest BCUT2D eigenvalue weighted by Gasteiger charge is 2.07. The average molecular weight is 277 g/mol. The number of amides is 2. The molecule has 2 amide bonds. The highest BCUT2D eigenvalue weighted by atomic mass is 35.5. The average Bonchev–Trinajstić information content (AvgIpc) is 2.26. The van der Waals surface area contributed by atoms with Crippen molar-refractivity contribution in [2.75, 3.05) is 0 Å². The summed E-state index contributed by atoms with van der Waals surface area (Å²) < 4.78 is 2.30. The molecular formula is C9H9ClN2O2S2. The second-order valence-corrected chi connectivity index (χ2v) is 5.31. The molecule has 0 aliphatic rings. The summed E-state index contributed by atoms with van der Waals surface area (Å²) in [5.74, 6) is -1.09. The molecule has 0 saturated heterocycles. The maximum atomic E-state index is 10.8. The van der Waals surface area contributed by atoms with E-state index in [0.717, 1.165) is 16.5 Å². The van der Waals surface area contributed by atoms with Crippen molar-refractivity contribution in [2.24, 2.45) is 5.73 Å². The monoisotopic (exact) mass is 276 g/mol. The van der Waals surface area contributed by atoms with Crippen molar-refractivity contribution < 1.29 is 9.59 Å². The number of carbonyl (C=O) groups excluding carboxylic acids is 2. The van der Waals surface area contributed by atoms with E-state index in [-0.39, 0.29) is 0 Å². The molecule has 4 nitrogen and oxygen atoms in total. The molecular weight excluding hydrogens is 268 g/mol. The molecule has 1 rings (SSSR count). The van der Waals surface area contributed by atoms with Crippen molar-refractivity contribution in [3.05, 3.63) is 34.9 Å². The lowest BCUT2D eigenvalue weighted by molar-refractivity contribution is -0.136. The van der Waals surface area contributed by atoms with E-state index in [0.29, 0.717) is 10.8 Å². The fraction of sp³-hybridized carbons (Fsp3) is 0.111. The number of halogens is 1. The van der Waals surface area contributed by atoms with Crippen LogP contribution in [-0.2, 0) is 15.3 Å². The van der Waals surface area contributed by atoms with Gasteiger partial charge < -0.3 is 5.73 Å². The summed E-state index contributed by atoms with van der Waals surface area (Å²) in [4.78, 5) is 21.1. The summed E-state index contributed by atoms with van der Waals surface area (Å²) in [5, 5.41) is 0.684. The number of carbonyl (C=O) groups is 2. The van der Waals surface area contributed by atoms with Gasteiger partial charge in [0.15, 0.2) is 0 Å². The molecule has 0 spiro atoms. The lowest BCUT2D eigenvalue weighted by Crippen LogP contribution is -2.31. The van der Waals surface area contributed by atoms with Crippen LogP contribution in [0, 0.1) is 0 Å². The van der Waals surface area contributed by atoms with E-state index in [1.54, 1.807) is 12.1 Å². The lowest BCUT2D eigenvalue weighted by atomic mass is 10.2. The fourth-order valence-electron chi connectivity index (χ4n) is 0.796. The minimum atomic E-state index is -0.986. The van der Waals surface area contributed by atoms with Crippen molar-refractivity contribution in [2.45, 2.75) is 5.75 Å². The third-order valence-electron chi connectivity index (χ3n) is 1.56. The molecule has 86 valence electrons. The number of rotatable bonds is 4. The molecule has 0 radical (unpaired) electrons. The predicted octanol–water partition coefficient (Wildman–Crippen LogP) is 1.74. The fourth-order valence-corrected chi connectivity index (χ4v) is 2.53. The van der Waals surface area contributed by atoms with E-state index >= 15 is 0 Å². The Labute approximate surface area is 106 Å². The van der Waals surface area contributed by atoms with Gasteiger partial charge in [-0.15, -0.1) is 0 Å². The number of primary amides is 1. The first-order valence-electron chi connectivity index (χ1n) is 4.22. The molecule has 0 saturated carbocycles. The predicted molar refractivity (Wildman–Crippen MR) is 67.7 cm³/mol. The van der Waals surface area contributed by atoms with Crippen LogP contribution in [0.5, 0.6) is 0 Å². The Bertz CT molecular complexity index is 384. The Hall–Kier alpha value is -0.850. The summed E-state index contributed by atoms with van der Waals surface area (Å²) in [6, 6.07) is 7.38. The quantitative estimate of drug-likeness (QED) is 0.380. The molecule has 0 aliphatic heterocycles. The highest BCUT2D eigenvalue weighted by Crippen LogP contribution is 2.23. The van der Waals surface area contributed by atoms with Gasteiger partial charge in [-0.3, -0.25) is 14.3 Å². The zero-order chi connectivity index (χ0) is 12.0. The Morgan fingerprint density at radius 1 is 1.31 bits per heavy atom. The second-order valence-electron chi connectivity index (χ2n) is 2.77. The molecule has 0 aromatic heterocycles. The van der Waals surface area contributed by atoms with Gasteiger partial charge in [0.1, 0.15) is 0 Å². The first-order chi connectivity index (χ1) is 7.59. The molecule has 1 aromatic rings. The Kier molecular flexibility index (Phi) is 5.51. The lowest BCUT2D eigenvalue weighted by Gasteiger charge is -2.01. The molecule has 0 fully saturated rings.